The molecule has 0 fully saturated rings. The number of nitrogens with zero attached hydrogens (tertiary/aromatic N) is 2. The highest BCUT2D eigenvalue weighted by molar-refractivity contribution is 7.09. The van der Waals surface area contributed by atoms with Crippen molar-refractivity contribution >= 4 is 33.8 Å². The largest absolute Gasteiger partial charge is 0.356 e. The van der Waals surface area contributed by atoms with Crippen LogP contribution in [0.4, 0.5) is 0 Å². The van der Waals surface area contributed by atoms with E-state index in [-0.39, 0.29) is 6.04 Å². The first-order chi connectivity index (χ1) is 12.8. The second-order valence-electron chi connectivity index (χ2n) is 6.69. The number of fused-ring (bicyclic) bond motifs is 3. The van der Waals surface area contributed by atoms with Gasteiger partial charge in [0, 0.05) is 46.3 Å². The van der Waals surface area contributed by atoms with Crippen LogP contribution in [0.25, 0.3) is 10.9 Å². The molecule has 1 aliphatic heterocycles. The van der Waals surface area contributed by atoms with E-state index in [1.165, 1.54) is 22.2 Å². The number of aromatic amines is 1. The maximum absolute atomic E-state index is 6.26. The van der Waals surface area contributed by atoms with Crippen LogP contribution in [-0.2, 0) is 13.0 Å². The van der Waals surface area contributed by atoms with Crippen molar-refractivity contribution in [3.63, 3.8) is 0 Å². The molecule has 0 saturated carbocycles. The zero-order valence-corrected chi connectivity index (χ0v) is 15.7. The molecule has 1 atom stereocenters. The molecule has 1 aliphatic rings. The van der Waals surface area contributed by atoms with Gasteiger partial charge in [-0.3, -0.25) is 4.90 Å². The Kier molecular flexibility index (Phi) is 4.04. The van der Waals surface area contributed by atoms with E-state index in [0.717, 1.165) is 35.1 Å². The van der Waals surface area contributed by atoms with Gasteiger partial charge < -0.3 is 4.98 Å². The van der Waals surface area contributed by atoms with Gasteiger partial charge in [0.1, 0.15) is 11.0 Å². The molecule has 26 heavy (non-hydrogen) atoms. The molecule has 0 bridgehead atoms. The van der Waals surface area contributed by atoms with Gasteiger partial charge in [0.2, 0.25) is 0 Å². The SMILES string of the molecule is Clc1ccc2[nH]c3c(c2c1)CCN(Cc1ccccc1)C3c1nccs1. The van der Waals surface area contributed by atoms with Gasteiger partial charge >= 0.3 is 0 Å². The van der Waals surface area contributed by atoms with Crippen molar-refractivity contribution < 1.29 is 0 Å². The molecule has 5 heteroatoms. The number of aromatic nitrogens is 2. The van der Waals surface area contributed by atoms with Crippen LogP contribution in [0.1, 0.15) is 27.9 Å². The van der Waals surface area contributed by atoms with Crippen molar-refractivity contribution in [3.8, 4) is 0 Å². The topological polar surface area (TPSA) is 31.9 Å². The highest BCUT2D eigenvalue weighted by Crippen LogP contribution is 2.40. The van der Waals surface area contributed by atoms with E-state index >= 15 is 0 Å². The van der Waals surface area contributed by atoms with Gasteiger partial charge in [-0.25, -0.2) is 4.98 Å². The fourth-order valence-electron chi connectivity index (χ4n) is 3.95. The van der Waals surface area contributed by atoms with Gasteiger partial charge in [0.05, 0.1) is 0 Å². The first-order valence-electron chi connectivity index (χ1n) is 8.77. The van der Waals surface area contributed by atoms with Gasteiger partial charge in [-0.05, 0) is 35.7 Å². The van der Waals surface area contributed by atoms with Crippen LogP contribution in [0.15, 0.2) is 60.1 Å². The third kappa shape index (κ3) is 2.75. The predicted octanol–water partition coefficient (Wildman–Crippen LogP) is 5.43. The second kappa shape index (κ2) is 6.54. The van der Waals surface area contributed by atoms with Crippen molar-refractivity contribution in [1.82, 2.24) is 14.9 Å². The van der Waals surface area contributed by atoms with Gasteiger partial charge in [0.15, 0.2) is 0 Å². The number of nitrogens with one attached hydrogen (secondary N) is 1. The van der Waals surface area contributed by atoms with E-state index in [2.05, 4.69) is 62.7 Å². The van der Waals surface area contributed by atoms with E-state index in [0.29, 0.717) is 0 Å². The summed E-state index contributed by atoms with van der Waals surface area (Å²) in [5, 5.41) is 5.23. The summed E-state index contributed by atoms with van der Waals surface area (Å²) in [7, 11) is 0. The molecule has 130 valence electrons. The van der Waals surface area contributed by atoms with Crippen LogP contribution >= 0.6 is 22.9 Å². The minimum Gasteiger partial charge on any atom is -0.356 e. The lowest BCUT2D eigenvalue weighted by Crippen LogP contribution is -2.35. The van der Waals surface area contributed by atoms with Crippen LogP contribution in [0.2, 0.25) is 5.02 Å². The van der Waals surface area contributed by atoms with Crippen molar-refractivity contribution in [3.05, 3.63) is 87.0 Å². The summed E-state index contributed by atoms with van der Waals surface area (Å²) in [5.74, 6) is 0. The number of benzene rings is 2. The Morgan fingerprint density at radius 1 is 1.19 bits per heavy atom. The Hall–Kier alpha value is -2.14. The molecule has 1 N–H and O–H groups in total. The van der Waals surface area contributed by atoms with Gasteiger partial charge in [-0.15, -0.1) is 11.3 Å². The van der Waals surface area contributed by atoms with E-state index in [4.69, 9.17) is 11.6 Å². The van der Waals surface area contributed by atoms with Gasteiger partial charge in [-0.1, -0.05) is 41.9 Å². The van der Waals surface area contributed by atoms with Crippen LogP contribution < -0.4 is 0 Å². The van der Waals surface area contributed by atoms with Crippen LogP contribution in [0.3, 0.4) is 0 Å². The molecule has 0 spiro atoms. The number of halogens is 1. The lowest BCUT2D eigenvalue weighted by molar-refractivity contribution is 0.201. The molecule has 4 aromatic rings. The second-order valence-corrected chi connectivity index (χ2v) is 8.05. The third-order valence-electron chi connectivity index (χ3n) is 5.10. The normalized spacial score (nSPS) is 17.5. The molecular weight excluding hydrogens is 362 g/mol. The highest BCUT2D eigenvalue weighted by atomic mass is 35.5. The Morgan fingerprint density at radius 3 is 2.88 bits per heavy atom. The highest BCUT2D eigenvalue weighted by Gasteiger charge is 2.33. The van der Waals surface area contributed by atoms with E-state index in [9.17, 15) is 0 Å². The zero-order valence-electron chi connectivity index (χ0n) is 14.2. The summed E-state index contributed by atoms with van der Waals surface area (Å²) in [6, 6.07) is 16.9. The minimum absolute atomic E-state index is 0.158. The Bertz CT molecular complexity index is 1040. The van der Waals surface area contributed by atoms with E-state index in [1.54, 1.807) is 11.3 Å². The molecule has 0 aliphatic carbocycles. The summed E-state index contributed by atoms with van der Waals surface area (Å²) in [6.45, 7) is 1.92. The Morgan fingerprint density at radius 2 is 2.08 bits per heavy atom. The zero-order chi connectivity index (χ0) is 17.5. The summed E-state index contributed by atoms with van der Waals surface area (Å²) in [4.78, 5) is 10.8. The summed E-state index contributed by atoms with van der Waals surface area (Å²) >= 11 is 7.98. The van der Waals surface area contributed by atoms with E-state index in [1.807, 2.05) is 12.3 Å². The summed E-state index contributed by atoms with van der Waals surface area (Å²) in [5.41, 5.74) is 5.13. The average molecular weight is 380 g/mol. The van der Waals surface area contributed by atoms with Crippen molar-refractivity contribution in [2.45, 2.75) is 19.0 Å². The summed E-state index contributed by atoms with van der Waals surface area (Å²) < 4.78 is 0. The van der Waals surface area contributed by atoms with Crippen molar-refractivity contribution in [2.24, 2.45) is 0 Å². The fourth-order valence-corrected chi connectivity index (χ4v) is 4.90. The molecule has 3 nitrogen and oxygen atoms in total. The van der Waals surface area contributed by atoms with Gasteiger partial charge in [-0.2, -0.15) is 0 Å². The monoisotopic (exact) mass is 379 g/mol. The number of hydrogen-bond acceptors (Lipinski definition) is 3. The standard InChI is InChI=1S/C21H18ClN3S/c22-15-6-7-18-17(12-15)16-8-10-25(13-14-4-2-1-3-5-14)20(19(16)24-18)21-23-9-11-26-21/h1-7,9,11-12,20,24H,8,10,13H2. The lowest BCUT2D eigenvalue weighted by Gasteiger charge is -2.34. The van der Waals surface area contributed by atoms with Crippen molar-refractivity contribution in [2.75, 3.05) is 6.54 Å². The van der Waals surface area contributed by atoms with Crippen LogP contribution in [0.5, 0.6) is 0 Å². The number of thiazole rings is 1. The molecule has 3 heterocycles. The molecule has 0 amide bonds. The average Bonchev–Trinajstić information content (AvgIpc) is 3.30. The maximum Gasteiger partial charge on any atom is 0.116 e. The number of hydrogen-bond donors (Lipinski definition) is 1. The summed E-state index contributed by atoms with van der Waals surface area (Å²) in [6.07, 6.45) is 2.92. The molecule has 2 aromatic carbocycles. The first kappa shape index (κ1) is 16.1. The Balaban J connectivity index is 1.62. The fraction of sp³-hybridized carbons (Fsp3) is 0.190. The third-order valence-corrected chi connectivity index (χ3v) is 6.17. The van der Waals surface area contributed by atoms with E-state index < -0.39 is 0 Å². The Labute approximate surface area is 161 Å². The molecular formula is C21H18ClN3S. The first-order valence-corrected chi connectivity index (χ1v) is 10.0. The minimum atomic E-state index is 0.158. The molecule has 5 rings (SSSR count). The quantitative estimate of drug-likeness (QED) is 0.515. The molecule has 2 aromatic heterocycles. The number of H-pyrrole nitrogens is 1. The van der Waals surface area contributed by atoms with Crippen LogP contribution in [0, 0.1) is 0 Å². The maximum atomic E-state index is 6.26. The van der Waals surface area contributed by atoms with Crippen molar-refractivity contribution in [1.29, 1.82) is 0 Å². The van der Waals surface area contributed by atoms with Crippen LogP contribution in [-0.4, -0.2) is 21.4 Å². The van der Waals surface area contributed by atoms with Gasteiger partial charge in [0.25, 0.3) is 0 Å². The smallest absolute Gasteiger partial charge is 0.116 e. The lowest BCUT2D eigenvalue weighted by atomic mass is 9.97. The number of rotatable bonds is 3. The molecule has 1 unspecified atom stereocenters. The molecule has 0 radical (unpaired) electrons. The molecule has 0 saturated heterocycles. The predicted molar refractivity (Wildman–Crippen MR) is 108 cm³/mol.